The number of rotatable bonds is 4. The van der Waals surface area contributed by atoms with Crippen LogP contribution in [-0.2, 0) is 4.79 Å². The predicted octanol–water partition coefficient (Wildman–Crippen LogP) is 2.96. The molecule has 2 unspecified atom stereocenters. The van der Waals surface area contributed by atoms with Gasteiger partial charge in [-0.25, -0.2) is 4.39 Å². The molecule has 0 spiro atoms. The summed E-state index contributed by atoms with van der Waals surface area (Å²) < 4.78 is 14.0. The molecule has 2 amide bonds. The zero-order valence-electron chi connectivity index (χ0n) is 14.4. The molecular formula is C21H21FN2O2. The number of likely N-dealkylation sites (tertiary alicyclic amines) is 1. The van der Waals surface area contributed by atoms with E-state index in [9.17, 15) is 14.0 Å². The molecule has 0 radical (unpaired) electrons. The Hall–Kier alpha value is -2.69. The second-order valence-electron chi connectivity index (χ2n) is 7.10. The lowest BCUT2D eigenvalue weighted by atomic mass is 9.88. The van der Waals surface area contributed by atoms with E-state index in [-0.39, 0.29) is 35.3 Å². The van der Waals surface area contributed by atoms with Gasteiger partial charge in [-0.15, -0.1) is 0 Å². The standard InChI is InChI=1S/C21H21FN2O2/c22-19-9-5-4-8-16(19)21(26)24-12-17(14-6-2-1-3-7-14)18(13-24)20(25)23-15-10-11-15/h1-9,15,17-18H,10-13H2,(H,23,25). The van der Waals surface area contributed by atoms with Crippen molar-refractivity contribution in [2.75, 3.05) is 13.1 Å². The summed E-state index contributed by atoms with van der Waals surface area (Å²) in [7, 11) is 0. The molecule has 5 heteroatoms. The average Bonchev–Trinajstić information content (AvgIpc) is 3.36. The van der Waals surface area contributed by atoms with Gasteiger partial charge in [-0.2, -0.15) is 0 Å². The number of halogens is 1. The van der Waals surface area contributed by atoms with Crippen molar-refractivity contribution in [2.45, 2.75) is 24.8 Å². The molecular weight excluding hydrogens is 331 g/mol. The Morgan fingerprint density at radius 1 is 0.962 bits per heavy atom. The summed E-state index contributed by atoms with van der Waals surface area (Å²) in [6, 6.07) is 16.0. The van der Waals surface area contributed by atoms with Crippen molar-refractivity contribution >= 4 is 11.8 Å². The summed E-state index contributed by atoms with van der Waals surface area (Å²) in [5.41, 5.74) is 1.09. The molecule has 2 atom stereocenters. The van der Waals surface area contributed by atoms with Gasteiger partial charge in [0.05, 0.1) is 11.5 Å². The molecule has 134 valence electrons. The van der Waals surface area contributed by atoms with Crippen molar-refractivity contribution in [1.82, 2.24) is 10.2 Å². The molecule has 2 aliphatic rings. The Kier molecular flexibility index (Phi) is 4.45. The van der Waals surface area contributed by atoms with Gasteiger partial charge in [-0.3, -0.25) is 9.59 Å². The number of benzene rings is 2. The van der Waals surface area contributed by atoms with Crippen LogP contribution in [0.15, 0.2) is 54.6 Å². The summed E-state index contributed by atoms with van der Waals surface area (Å²) in [5.74, 6) is -1.28. The maximum atomic E-state index is 14.0. The third-order valence-corrected chi connectivity index (χ3v) is 5.20. The second kappa shape index (κ2) is 6.90. The number of carbonyl (C=O) groups excluding carboxylic acids is 2. The molecule has 2 aromatic rings. The van der Waals surface area contributed by atoms with Crippen molar-refractivity contribution in [2.24, 2.45) is 5.92 Å². The molecule has 2 aromatic carbocycles. The van der Waals surface area contributed by atoms with E-state index in [1.54, 1.807) is 17.0 Å². The van der Waals surface area contributed by atoms with Crippen LogP contribution in [0.25, 0.3) is 0 Å². The number of amides is 2. The summed E-state index contributed by atoms with van der Waals surface area (Å²) in [4.78, 5) is 27.1. The molecule has 0 aromatic heterocycles. The van der Waals surface area contributed by atoms with Crippen LogP contribution in [0.4, 0.5) is 4.39 Å². The number of carbonyl (C=O) groups is 2. The molecule has 1 saturated carbocycles. The van der Waals surface area contributed by atoms with Gasteiger partial charge in [0.15, 0.2) is 0 Å². The van der Waals surface area contributed by atoms with Crippen LogP contribution in [0.1, 0.15) is 34.7 Å². The summed E-state index contributed by atoms with van der Waals surface area (Å²) in [5, 5.41) is 3.06. The van der Waals surface area contributed by atoms with Crippen LogP contribution in [0.3, 0.4) is 0 Å². The average molecular weight is 352 g/mol. The minimum atomic E-state index is -0.528. The van der Waals surface area contributed by atoms with Crippen LogP contribution in [-0.4, -0.2) is 35.8 Å². The van der Waals surface area contributed by atoms with Crippen molar-refractivity contribution in [3.8, 4) is 0 Å². The zero-order chi connectivity index (χ0) is 18.1. The maximum absolute atomic E-state index is 14.0. The predicted molar refractivity (Wildman–Crippen MR) is 96.1 cm³/mol. The van der Waals surface area contributed by atoms with Crippen LogP contribution >= 0.6 is 0 Å². The minimum absolute atomic E-state index is 0.00909. The van der Waals surface area contributed by atoms with Crippen LogP contribution < -0.4 is 5.32 Å². The molecule has 1 aliphatic carbocycles. The summed E-state index contributed by atoms with van der Waals surface area (Å²) in [6.07, 6.45) is 2.04. The van der Waals surface area contributed by atoms with E-state index in [1.807, 2.05) is 30.3 Å². The van der Waals surface area contributed by atoms with Gasteiger partial charge in [0.1, 0.15) is 5.82 Å². The molecule has 0 bridgehead atoms. The quantitative estimate of drug-likeness (QED) is 0.920. The number of nitrogens with zero attached hydrogens (tertiary/aromatic N) is 1. The molecule has 1 heterocycles. The monoisotopic (exact) mass is 352 g/mol. The second-order valence-corrected chi connectivity index (χ2v) is 7.10. The number of nitrogens with one attached hydrogen (secondary N) is 1. The fourth-order valence-corrected chi connectivity index (χ4v) is 3.61. The van der Waals surface area contributed by atoms with Crippen LogP contribution in [0, 0.1) is 11.7 Å². The molecule has 1 aliphatic heterocycles. The van der Waals surface area contributed by atoms with E-state index in [0.717, 1.165) is 18.4 Å². The highest BCUT2D eigenvalue weighted by Gasteiger charge is 2.42. The molecule has 1 saturated heterocycles. The van der Waals surface area contributed by atoms with Gasteiger partial charge in [0, 0.05) is 25.0 Å². The van der Waals surface area contributed by atoms with Gasteiger partial charge < -0.3 is 10.2 Å². The van der Waals surface area contributed by atoms with Gasteiger partial charge >= 0.3 is 0 Å². The van der Waals surface area contributed by atoms with Crippen molar-refractivity contribution < 1.29 is 14.0 Å². The molecule has 1 N–H and O–H groups in total. The van der Waals surface area contributed by atoms with Gasteiger partial charge in [-0.05, 0) is 30.5 Å². The SMILES string of the molecule is O=C(NC1CC1)C1CN(C(=O)c2ccccc2F)CC1c1ccccc1. The Labute approximate surface area is 152 Å². The van der Waals surface area contributed by atoms with E-state index in [4.69, 9.17) is 0 Å². The van der Waals surface area contributed by atoms with Gasteiger partial charge in [0.25, 0.3) is 5.91 Å². The van der Waals surface area contributed by atoms with Crippen LogP contribution in [0.5, 0.6) is 0 Å². The van der Waals surface area contributed by atoms with E-state index in [2.05, 4.69) is 5.32 Å². The first kappa shape index (κ1) is 16.8. The molecule has 4 nitrogen and oxygen atoms in total. The lowest BCUT2D eigenvalue weighted by Gasteiger charge is -2.17. The third kappa shape index (κ3) is 3.34. The molecule has 26 heavy (non-hydrogen) atoms. The van der Waals surface area contributed by atoms with Gasteiger partial charge in [0.2, 0.25) is 5.91 Å². The van der Waals surface area contributed by atoms with Crippen molar-refractivity contribution in [3.63, 3.8) is 0 Å². The van der Waals surface area contributed by atoms with Crippen molar-refractivity contribution in [1.29, 1.82) is 0 Å². The highest BCUT2D eigenvalue weighted by molar-refractivity contribution is 5.95. The van der Waals surface area contributed by atoms with Gasteiger partial charge in [-0.1, -0.05) is 42.5 Å². The highest BCUT2D eigenvalue weighted by atomic mass is 19.1. The van der Waals surface area contributed by atoms with E-state index in [1.165, 1.54) is 12.1 Å². The fraction of sp³-hybridized carbons (Fsp3) is 0.333. The topological polar surface area (TPSA) is 49.4 Å². The minimum Gasteiger partial charge on any atom is -0.353 e. The summed E-state index contributed by atoms with van der Waals surface area (Å²) >= 11 is 0. The lowest BCUT2D eigenvalue weighted by Crippen LogP contribution is -2.36. The van der Waals surface area contributed by atoms with E-state index in [0.29, 0.717) is 13.1 Å². The first-order valence-electron chi connectivity index (χ1n) is 9.02. The Morgan fingerprint density at radius 3 is 2.35 bits per heavy atom. The maximum Gasteiger partial charge on any atom is 0.256 e. The first-order valence-corrected chi connectivity index (χ1v) is 9.02. The largest absolute Gasteiger partial charge is 0.353 e. The smallest absolute Gasteiger partial charge is 0.256 e. The van der Waals surface area contributed by atoms with E-state index < -0.39 is 5.82 Å². The normalized spacial score (nSPS) is 22.3. The molecule has 2 fully saturated rings. The fourth-order valence-electron chi connectivity index (χ4n) is 3.61. The Morgan fingerprint density at radius 2 is 1.65 bits per heavy atom. The summed E-state index contributed by atoms with van der Waals surface area (Å²) in [6.45, 7) is 0.727. The first-order chi connectivity index (χ1) is 12.6. The lowest BCUT2D eigenvalue weighted by molar-refractivity contribution is -0.125. The third-order valence-electron chi connectivity index (χ3n) is 5.20. The Balaban J connectivity index is 1.59. The van der Waals surface area contributed by atoms with Crippen molar-refractivity contribution in [3.05, 3.63) is 71.5 Å². The van der Waals surface area contributed by atoms with Crippen LogP contribution in [0.2, 0.25) is 0 Å². The van der Waals surface area contributed by atoms with E-state index >= 15 is 0 Å². The Bertz CT molecular complexity index is 820. The number of hydrogen-bond acceptors (Lipinski definition) is 2. The zero-order valence-corrected chi connectivity index (χ0v) is 14.4. The number of hydrogen-bond donors (Lipinski definition) is 1. The highest BCUT2D eigenvalue weighted by Crippen LogP contribution is 2.34. The molecule has 4 rings (SSSR count).